The van der Waals surface area contributed by atoms with Crippen molar-refractivity contribution in [3.63, 3.8) is 0 Å². The molecule has 3 aromatic rings. The molecule has 0 saturated carbocycles. The van der Waals surface area contributed by atoms with Crippen LogP contribution in [0.1, 0.15) is 0 Å². The van der Waals surface area contributed by atoms with E-state index in [0.29, 0.717) is 5.95 Å². The molecule has 2 N–H and O–H groups in total. The van der Waals surface area contributed by atoms with Crippen LogP contribution in [0.15, 0.2) is 46.9 Å². The van der Waals surface area contributed by atoms with Gasteiger partial charge >= 0.3 is 0 Å². The number of aromatic nitrogens is 2. The van der Waals surface area contributed by atoms with Gasteiger partial charge in [0.1, 0.15) is 5.75 Å². The van der Waals surface area contributed by atoms with Gasteiger partial charge in [0.25, 0.3) is 0 Å². The number of ether oxygens (including phenoxy) is 1. The van der Waals surface area contributed by atoms with E-state index < -0.39 is 0 Å². The Labute approximate surface area is 118 Å². The van der Waals surface area contributed by atoms with E-state index in [1.807, 2.05) is 42.5 Å². The van der Waals surface area contributed by atoms with Gasteiger partial charge in [-0.25, -0.2) is 4.98 Å². The van der Waals surface area contributed by atoms with Crippen LogP contribution in [0.4, 0.5) is 11.6 Å². The maximum atomic E-state index is 5.30. The van der Waals surface area contributed by atoms with Gasteiger partial charge in [-0.1, -0.05) is 28.1 Å². The van der Waals surface area contributed by atoms with Gasteiger partial charge in [-0.2, -0.15) is 0 Å². The summed E-state index contributed by atoms with van der Waals surface area (Å²) in [5.74, 6) is 1.47. The fraction of sp³-hybridized carbons (Fsp3) is 0.0714. The van der Waals surface area contributed by atoms with Gasteiger partial charge in [-0.15, -0.1) is 0 Å². The highest BCUT2D eigenvalue weighted by molar-refractivity contribution is 9.10. The number of halogens is 1. The van der Waals surface area contributed by atoms with Gasteiger partial charge in [0.2, 0.25) is 5.95 Å². The summed E-state index contributed by atoms with van der Waals surface area (Å²) in [7, 11) is 1.65. The van der Waals surface area contributed by atoms with Crippen LogP contribution in [-0.4, -0.2) is 17.1 Å². The fourth-order valence-electron chi connectivity index (χ4n) is 1.92. The number of anilines is 2. The Bertz CT molecular complexity index is 724. The van der Waals surface area contributed by atoms with E-state index in [9.17, 15) is 0 Å². The summed E-state index contributed by atoms with van der Waals surface area (Å²) in [5.41, 5.74) is 2.77. The zero-order chi connectivity index (χ0) is 13.2. The smallest absolute Gasteiger partial charge is 0.205 e. The highest BCUT2D eigenvalue weighted by atomic mass is 79.9. The number of H-pyrrole nitrogens is 1. The first kappa shape index (κ1) is 12.0. The molecule has 5 heteroatoms. The first-order valence-electron chi connectivity index (χ1n) is 5.81. The zero-order valence-electron chi connectivity index (χ0n) is 10.3. The third kappa shape index (κ3) is 2.42. The van der Waals surface area contributed by atoms with E-state index in [1.165, 1.54) is 0 Å². The van der Waals surface area contributed by atoms with Gasteiger partial charge in [0.05, 0.1) is 23.8 Å². The molecule has 1 heterocycles. The molecule has 0 aliphatic heterocycles. The van der Waals surface area contributed by atoms with E-state index >= 15 is 0 Å². The Morgan fingerprint density at radius 3 is 2.89 bits per heavy atom. The van der Waals surface area contributed by atoms with Crippen LogP contribution in [-0.2, 0) is 0 Å². The van der Waals surface area contributed by atoms with Crippen molar-refractivity contribution in [3.05, 3.63) is 46.9 Å². The zero-order valence-corrected chi connectivity index (χ0v) is 11.9. The van der Waals surface area contributed by atoms with Gasteiger partial charge in [0, 0.05) is 4.47 Å². The molecule has 0 unspecified atom stereocenters. The molecular weight excluding hydrogens is 306 g/mol. The van der Waals surface area contributed by atoms with Crippen LogP contribution in [0.3, 0.4) is 0 Å². The minimum atomic E-state index is 0.692. The second-order valence-corrected chi connectivity index (χ2v) is 4.99. The molecule has 0 radical (unpaired) electrons. The van der Waals surface area contributed by atoms with Crippen molar-refractivity contribution in [1.82, 2.24) is 9.97 Å². The minimum Gasteiger partial charge on any atom is -0.495 e. The molecule has 0 atom stereocenters. The predicted molar refractivity (Wildman–Crippen MR) is 80.1 cm³/mol. The number of imidazole rings is 1. The number of hydrogen-bond donors (Lipinski definition) is 2. The third-order valence-corrected chi connectivity index (χ3v) is 3.30. The first-order valence-corrected chi connectivity index (χ1v) is 6.61. The number of hydrogen-bond acceptors (Lipinski definition) is 3. The second-order valence-electron chi connectivity index (χ2n) is 4.07. The molecule has 1 aromatic heterocycles. The Balaban J connectivity index is 1.96. The predicted octanol–water partition coefficient (Wildman–Crippen LogP) is 4.08. The molecule has 2 aromatic carbocycles. The van der Waals surface area contributed by atoms with Crippen molar-refractivity contribution < 1.29 is 4.74 Å². The van der Waals surface area contributed by atoms with Crippen LogP contribution in [0.25, 0.3) is 11.0 Å². The van der Waals surface area contributed by atoms with Crippen LogP contribution in [0.5, 0.6) is 5.75 Å². The summed E-state index contributed by atoms with van der Waals surface area (Å²) in [6.45, 7) is 0. The number of methoxy groups -OCH3 is 1. The summed E-state index contributed by atoms with van der Waals surface area (Å²) >= 11 is 3.44. The lowest BCUT2D eigenvalue weighted by molar-refractivity contribution is 0.417. The summed E-state index contributed by atoms with van der Waals surface area (Å²) in [6, 6.07) is 13.7. The monoisotopic (exact) mass is 317 g/mol. The number of nitrogens with one attached hydrogen (secondary N) is 2. The largest absolute Gasteiger partial charge is 0.495 e. The molecule has 0 aliphatic carbocycles. The lowest BCUT2D eigenvalue weighted by Crippen LogP contribution is -1.95. The van der Waals surface area contributed by atoms with Gasteiger partial charge in [-0.05, 0) is 30.3 Å². The standard InChI is InChI=1S/C14H12BrN3O/c1-19-13-5-3-2-4-11(13)17-14-16-10-7-6-9(15)8-12(10)18-14/h2-8H,1H3,(H2,16,17,18). The Kier molecular flexibility index (Phi) is 3.13. The minimum absolute atomic E-state index is 0.692. The van der Waals surface area contributed by atoms with E-state index in [-0.39, 0.29) is 0 Å². The van der Waals surface area contributed by atoms with Crippen LogP contribution in [0.2, 0.25) is 0 Å². The molecule has 0 saturated heterocycles. The highest BCUT2D eigenvalue weighted by Gasteiger charge is 2.06. The highest BCUT2D eigenvalue weighted by Crippen LogP contribution is 2.27. The number of nitrogens with zero attached hydrogens (tertiary/aromatic N) is 1. The number of rotatable bonds is 3. The van der Waals surface area contributed by atoms with E-state index in [2.05, 4.69) is 31.2 Å². The molecule has 96 valence electrons. The van der Waals surface area contributed by atoms with Gasteiger partial charge in [0.15, 0.2) is 0 Å². The lowest BCUT2D eigenvalue weighted by atomic mass is 10.3. The topological polar surface area (TPSA) is 49.9 Å². The molecule has 0 aliphatic rings. The second kappa shape index (κ2) is 4.93. The number of benzene rings is 2. The van der Waals surface area contributed by atoms with Crippen molar-refractivity contribution in [2.45, 2.75) is 0 Å². The molecule has 0 bridgehead atoms. The number of aromatic amines is 1. The van der Waals surface area contributed by atoms with Crippen LogP contribution >= 0.6 is 15.9 Å². The Morgan fingerprint density at radius 2 is 2.05 bits per heavy atom. The van der Waals surface area contributed by atoms with Crippen LogP contribution in [0, 0.1) is 0 Å². The van der Waals surface area contributed by atoms with Crippen molar-refractivity contribution in [2.75, 3.05) is 12.4 Å². The molecule has 0 spiro atoms. The Morgan fingerprint density at radius 1 is 1.21 bits per heavy atom. The number of para-hydroxylation sites is 2. The van der Waals surface area contributed by atoms with Crippen molar-refractivity contribution >= 4 is 38.6 Å². The van der Waals surface area contributed by atoms with Crippen molar-refractivity contribution in [3.8, 4) is 5.75 Å². The molecule has 19 heavy (non-hydrogen) atoms. The number of fused-ring (bicyclic) bond motifs is 1. The molecule has 4 nitrogen and oxygen atoms in total. The normalized spacial score (nSPS) is 10.6. The molecular formula is C14H12BrN3O. The SMILES string of the molecule is COc1ccccc1Nc1nc2ccc(Br)cc2[nH]1. The lowest BCUT2D eigenvalue weighted by Gasteiger charge is -2.07. The molecule has 3 rings (SSSR count). The maximum Gasteiger partial charge on any atom is 0.205 e. The van der Waals surface area contributed by atoms with Gasteiger partial charge < -0.3 is 15.0 Å². The molecule has 0 fully saturated rings. The summed E-state index contributed by atoms with van der Waals surface area (Å²) < 4.78 is 6.32. The Hall–Kier alpha value is -2.01. The first-order chi connectivity index (χ1) is 9.26. The van der Waals surface area contributed by atoms with E-state index in [4.69, 9.17) is 4.74 Å². The third-order valence-electron chi connectivity index (χ3n) is 2.80. The quantitative estimate of drug-likeness (QED) is 0.765. The van der Waals surface area contributed by atoms with Crippen molar-refractivity contribution in [2.24, 2.45) is 0 Å². The molecule has 0 amide bonds. The fourth-order valence-corrected chi connectivity index (χ4v) is 2.28. The summed E-state index contributed by atoms with van der Waals surface area (Å²) in [4.78, 5) is 7.71. The summed E-state index contributed by atoms with van der Waals surface area (Å²) in [6.07, 6.45) is 0. The van der Waals surface area contributed by atoms with Crippen LogP contribution < -0.4 is 10.1 Å². The summed E-state index contributed by atoms with van der Waals surface area (Å²) in [5, 5.41) is 3.23. The average Bonchev–Trinajstić information content (AvgIpc) is 2.80. The van der Waals surface area contributed by atoms with Gasteiger partial charge in [-0.3, -0.25) is 0 Å². The maximum absolute atomic E-state index is 5.30. The van der Waals surface area contributed by atoms with E-state index in [0.717, 1.165) is 26.9 Å². The van der Waals surface area contributed by atoms with Crippen molar-refractivity contribution in [1.29, 1.82) is 0 Å². The van der Waals surface area contributed by atoms with E-state index in [1.54, 1.807) is 7.11 Å². The average molecular weight is 318 g/mol.